The first-order valence-electron chi connectivity index (χ1n) is 11.2. The molecule has 0 aromatic rings. The number of aliphatic hydroxyl groups excluding tert-OH is 1. The van der Waals surface area contributed by atoms with Crippen LogP contribution in [0.5, 0.6) is 0 Å². The molecule has 0 radical (unpaired) electrons. The van der Waals surface area contributed by atoms with Crippen LogP contribution in [-0.2, 0) is 14.3 Å². The zero-order valence-corrected chi connectivity index (χ0v) is 18.1. The van der Waals surface area contributed by atoms with Crippen molar-refractivity contribution < 1.29 is 37.7 Å². The second-order valence-corrected chi connectivity index (χ2v) is 8.88. The maximum Gasteiger partial charge on any atom is 0.490 e. The molecule has 0 aromatic carbocycles. The minimum absolute atomic E-state index is 0.110. The van der Waals surface area contributed by atoms with Crippen molar-refractivity contribution in [3.05, 3.63) is 0 Å². The average Bonchev–Trinajstić information content (AvgIpc) is 3.53. The summed E-state index contributed by atoms with van der Waals surface area (Å²) in [7, 11) is 0. The van der Waals surface area contributed by atoms with Crippen molar-refractivity contribution in [2.75, 3.05) is 26.2 Å². The van der Waals surface area contributed by atoms with Gasteiger partial charge >= 0.3 is 12.1 Å². The summed E-state index contributed by atoms with van der Waals surface area (Å²) in [6, 6.07) is 0.326. The molecule has 2 saturated carbocycles. The summed E-state index contributed by atoms with van der Waals surface area (Å²) in [5.41, 5.74) is 0. The fraction of sp³-hybridized carbons (Fsp3) is 0.905. The Morgan fingerprint density at radius 3 is 2.19 bits per heavy atom. The molecule has 1 amide bonds. The first kappa shape index (κ1) is 25.9. The van der Waals surface area contributed by atoms with Gasteiger partial charge in [-0.2, -0.15) is 13.2 Å². The Morgan fingerprint density at radius 1 is 1.10 bits per heavy atom. The number of ether oxygens (including phenoxy) is 1. The fourth-order valence-corrected chi connectivity index (χ4v) is 4.08. The lowest BCUT2D eigenvalue weighted by atomic mass is 9.88. The Hall–Kier alpha value is -1.39. The number of nitrogens with one attached hydrogen (secondary N) is 1. The number of hydrogen-bond acceptors (Lipinski definition) is 5. The number of aliphatic hydroxyl groups is 1. The van der Waals surface area contributed by atoms with E-state index in [2.05, 4.69) is 17.1 Å². The molecule has 3 N–H and O–H groups in total. The molecule has 7 nitrogen and oxygen atoms in total. The third-order valence-corrected chi connectivity index (χ3v) is 6.29. The summed E-state index contributed by atoms with van der Waals surface area (Å²) in [4.78, 5) is 23.3. The minimum atomic E-state index is -5.08. The molecular weight excluding hydrogens is 417 g/mol. The van der Waals surface area contributed by atoms with E-state index >= 15 is 0 Å². The van der Waals surface area contributed by atoms with Crippen molar-refractivity contribution in [2.45, 2.75) is 82.7 Å². The van der Waals surface area contributed by atoms with Crippen molar-refractivity contribution >= 4 is 11.9 Å². The number of halogens is 3. The highest BCUT2D eigenvalue weighted by molar-refractivity contribution is 5.81. The zero-order chi connectivity index (χ0) is 23.0. The van der Waals surface area contributed by atoms with Crippen molar-refractivity contribution in [3.8, 4) is 0 Å². The van der Waals surface area contributed by atoms with E-state index in [4.69, 9.17) is 14.6 Å². The lowest BCUT2D eigenvalue weighted by Gasteiger charge is -2.34. The van der Waals surface area contributed by atoms with Gasteiger partial charge in [0.15, 0.2) is 0 Å². The monoisotopic (exact) mass is 452 g/mol. The van der Waals surface area contributed by atoms with Crippen LogP contribution in [-0.4, -0.2) is 77.7 Å². The van der Waals surface area contributed by atoms with Crippen molar-refractivity contribution in [2.24, 2.45) is 11.8 Å². The zero-order valence-electron chi connectivity index (χ0n) is 18.1. The molecule has 31 heavy (non-hydrogen) atoms. The van der Waals surface area contributed by atoms with Crippen LogP contribution in [0.15, 0.2) is 0 Å². The number of carboxylic acid groups (broad SMARTS) is 1. The van der Waals surface area contributed by atoms with Gasteiger partial charge in [-0.05, 0) is 63.5 Å². The number of rotatable bonds is 7. The van der Waals surface area contributed by atoms with E-state index in [1.807, 2.05) is 0 Å². The standard InChI is InChI=1S/C19H34N2O3.C2HF3O2/c1-14-4-2-3-5-17(14)24-13-12-21-10-8-15(9-11-21)18(22)19(23)20-16-6-7-16;3-2(4,5)1(6)7/h14-18,22H,2-13H2,1H3,(H,20,23);(H,6,7). The van der Waals surface area contributed by atoms with Crippen LogP contribution in [0.2, 0.25) is 0 Å². The number of alkyl halides is 3. The van der Waals surface area contributed by atoms with Crippen LogP contribution < -0.4 is 5.32 Å². The Labute approximate surface area is 181 Å². The third kappa shape index (κ3) is 9.33. The summed E-state index contributed by atoms with van der Waals surface area (Å²) in [5.74, 6) is -2.11. The number of piperidine rings is 1. The van der Waals surface area contributed by atoms with E-state index in [1.54, 1.807) is 0 Å². The fourth-order valence-electron chi connectivity index (χ4n) is 4.08. The second-order valence-electron chi connectivity index (χ2n) is 8.88. The van der Waals surface area contributed by atoms with E-state index in [-0.39, 0.29) is 11.8 Å². The molecule has 1 saturated heterocycles. The van der Waals surface area contributed by atoms with Gasteiger partial charge < -0.3 is 25.2 Å². The number of carbonyl (C=O) groups is 2. The third-order valence-electron chi connectivity index (χ3n) is 6.29. The van der Waals surface area contributed by atoms with Gasteiger partial charge in [0, 0.05) is 12.6 Å². The molecular formula is C21H35F3N2O5. The van der Waals surface area contributed by atoms with Crippen LogP contribution in [0, 0.1) is 11.8 Å². The number of carbonyl (C=O) groups excluding carboxylic acids is 1. The largest absolute Gasteiger partial charge is 0.490 e. The van der Waals surface area contributed by atoms with Crippen LogP contribution in [0.4, 0.5) is 13.2 Å². The highest BCUT2D eigenvalue weighted by Gasteiger charge is 2.38. The van der Waals surface area contributed by atoms with Crippen molar-refractivity contribution in [3.63, 3.8) is 0 Å². The number of aliphatic carboxylic acids is 1. The number of hydrogen-bond donors (Lipinski definition) is 3. The van der Waals surface area contributed by atoms with Crippen LogP contribution >= 0.6 is 0 Å². The molecule has 3 aliphatic rings. The normalized spacial score (nSPS) is 26.5. The number of amides is 1. The van der Waals surface area contributed by atoms with Crippen molar-refractivity contribution in [1.82, 2.24) is 10.2 Å². The molecule has 1 aliphatic heterocycles. The predicted molar refractivity (Wildman–Crippen MR) is 107 cm³/mol. The van der Waals surface area contributed by atoms with E-state index in [1.165, 1.54) is 25.7 Å². The molecule has 1 heterocycles. The van der Waals surface area contributed by atoms with Gasteiger partial charge in [-0.1, -0.05) is 19.8 Å². The van der Waals surface area contributed by atoms with Crippen LogP contribution in [0.25, 0.3) is 0 Å². The SMILES string of the molecule is CC1CCCCC1OCCN1CCC(C(O)C(=O)NC2CC2)CC1.O=C(O)C(F)(F)F. The quantitative estimate of drug-likeness (QED) is 0.549. The molecule has 3 atom stereocenters. The minimum Gasteiger partial charge on any atom is -0.475 e. The van der Waals surface area contributed by atoms with Gasteiger partial charge in [-0.3, -0.25) is 4.79 Å². The summed E-state index contributed by atoms with van der Waals surface area (Å²) >= 11 is 0. The van der Waals surface area contributed by atoms with Crippen LogP contribution in [0.3, 0.4) is 0 Å². The van der Waals surface area contributed by atoms with E-state index < -0.39 is 18.2 Å². The lowest BCUT2D eigenvalue weighted by molar-refractivity contribution is -0.192. The van der Waals surface area contributed by atoms with Gasteiger partial charge in [0.25, 0.3) is 0 Å². The van der Waals surface area contributed by atoms with Gasteiger partial charge in [0.1, 0.15) is 6.10 Å². The first-order chi connectivity index (χ1) is 14.6. The summed E-state index contributed by atoms with van der Waals surface area (Å²) in [5, 5.41) is 20.3. The van der Waals surface area contributed by atoms with Crippen LogP contribution in [0.1, 0.15) is 58.3 Å². The maximum atomic E-state index is 12.0. The molecule has 2 aliphatic carbocycles. The molecule has 3 unspecified atom stereocenters. The van der Waals surface area contributed by atoms with Gasteiger partial charge in [0.05, 0.1) is 12.7 Å². The molecule has 3 fully saturated rings. The van der Waals surface area contributed by atoms with Gasteiger partial charge in [-0.25, -0.2) is 4.79 Å². The summed E-state index contributed by atoms with van der Waals surface area (Å²) < 4.78 is 37.8. The Morgan fingerprint density at radius 2 is 1.68 bits per heavy atom. The number of carboxylic acids is 1. The second kappa shape index (κ2) is 12.0. The van der Waals surface area contributed by atoms with Crippen molar-refractivity contribution in [1.29, 1.82) is 0 Å². The van der Waals surface area contributed by atoms with Gasteiger partial charge in [0.2, 0.25) is 5.91 Å². The Bertz CT molecular complexity index is 578. The van der Waals surface area contributed by atoms with Gasteiger partial charge in [-0.15, -0.1) is 0 Å². The first-order valence-corrected chi connectivity index (χ1v) is 11.2. The molecule has 3 rings (SSSR count). The number of likely N-dealkylation sites (tertiary alicyclic amines) is 1. The average molecular weight is 453 g/mol. The Balaban J connectivity index is 0.000000423. The van der Waals surface area contributed by atoms with E-state index in [0.717, 1.165) is 51.9 Å². The summed E-state index contributed by atoms with van der Waals surface area (Å²) in [6.07, 6.45) is 3.65. The highest BCUT2D eigenvalue weighted by atomic mass is 19.4. The predicted octanol–water partition coefficient (Wildman–Crippen LogP) is 2.57. The molecule has 10 heteroatoms. The molecule has 0 aromatic heterocycles. The summed E-state index contributed by atoms with van der Waals surface area (Å²) in [6.45, 7) is 6.01. The molecule has 0 spiro atoms. The van der Waals surface area contributed by atoms with E-state index in [9.17, 15) is 23.1 Å². The smallest absolute Gasteiger partial charge is 0.475 e. The lowest BCUT2D eigenvalue weighted by Crippen LogP contribution is -2.45. The topological polar surface area (TPSA) is 99.1 Å². The van der Waals surface area contributed by atoms with E-state index in [0.29, 0.717) is 18.1 Å². The maximum absolute atomic E-state index is 12.0. The molecule has 0 bridgehead atoms. The number of nitrogens with zero attached hydrogens (tertiary/aromatic N) is 1. The molecule has 180 valence electrons. The Kier molecular flexibility index (Phi) is 10.0. The highest BCUT2D eigenvalue weighted by Crippen LogP contribution is 2.27.